The van der Waals surface area contributed by atoms with Gasteiger partial charge in [0.2, 0.25) is 15.9 Å². The van der Waals surface area contributed by atoms with Crippen LogP contribution in [0, 0.1) is 0 Å². The number of hydrogen-bond acceptors (Lipinski definition) is 5. The van der Waals surface area contributed by atoms with Gasteiger partial charge in [-0.15, -0.1) is 0 Å². The van der Waals surface area contributed by atoms with Crippen LogP contribution in [0.5, 0.6) is 11.5 Å². The predicted octanol–water partition coefficient (Wildman–Crippen LogP) is 2.53. The molecule has 0 atom stereocenters. The van der Waals surface area contributed by atoms with Crippen molar-refractivity contribution in [3.8, 4) is 11.5 Å². The Balaban J connectivity index is 2.18. The number of rotatable bonds is 8. The molecule has 0 bridgehead atoms. The van der Waals surface area contributed by atoms with E-state index in [0.717, 1.165) is 15.6 Å². The minimum Gasteiger partial charge on any atom is -0.495 e. The van der Waals surface area contributed by atoms with E-state index >= 15 is 0 Å². The van der Waals surface area contributed by atoms with E-state index in [1.807, 2.05) is 19.1 Å². The molecule has 0 saturated heterocycles. The van der Waals surface area contributed by atoms with Gasteiger partial charge in [0.05, 0.1) is 30.7 Å². The average molecular weight is 392 g/mol. The quantitative estimate of drug-likeness (QED) is 0.746. The van der Waals surface area contributed by atoms with Gasteiger partial charge in [0, 0.05) is 14.1 Å². The van der Waals surface area contributed by atoms with Crippen LogP contribution in [-0.4, -0.2) is 46.4 Å². The molecule has 8 heteroatoms. The lowest BCUT2D eigenvalue weighted by Gasteiger charge is -2.15. The minimum atomic E-state index is -3.62. The summed E-state index contributed by atoms with van der Waals surface area (Å²) in [6, 6.07) is 11.6. The molecule has 1 N–H and O–H groups in total. The van der Waals surface area contributed by atoms with E-state index in [4.69, 9.17) is 9.47 Å². The fraction of sp³-hybridized carbons (Fsp3) is 0.316. The van der Waals surface area contributed by atoms with Crippen LogP contribution >= 0.6 is 0 Å². The zero-order valence-electron chi connectivity index (χ0n) is 15.9. The molecule has 1 amide bonds. The van der Waals surface area contributed by atoms with Crippen LogP contribution in [0.2, 0.25) is 0 Å². The molecule has 0 aliphatic carbocycles. The lowest BCUT2D eigenvalue weighted by atomic mass is 10.1. The summed E-state index contributed by atoms with van der Waals surface area (Å²) in [5.74, 6) is 0.842. The molecule has 0 aliphatic heterocycles. The largest absolute Gasteiger partial charge is 0.495 e. The zero-order chi connectivity index (χ0) is 20.0. The summed E-state index contributed by atoms with van der Waals surface area (Å²) in [7, 11) is 0.735. The van der Waals surface area contributed by atoms with Crippen molar-refractivity contribution in [3.63, 3.8) is 0 Å². The number of ether oxygens (including phenoxy) is 2. The second kappa shape index (κ2) is 8.88. The minimum absolute atomic E-state index is 0.0738. The van der Waals surface area contributed by atoms with Crippen LogP contribution in [-0.2, 0) is 21.2 Å². The fourth-order valence-electron chi connectivity index (χ4n) is 2.41. The monoisotopic (exact) mass is 392 g/mol. The highest BCUT2D eigenvalue weighted by Crippen LogP contribution is 2.28. The van der Waals surface area contributed by atoms with Crippen molar-refractivity contribution in [1.82, 2.24) is 4.31 Å². The van der Waals surface area contributed by atoms with Crippen LogP contribution in [0.15, 0.2) is 47.4 Å². The van der Waals surface area contributed by atoms with Gasteiger partial charge in [-0.25, -0.2) is 12.7 Å². The highest BCUT2D eigenvalue weighted by molar-refractivity contribution is 7.89. The van der Waals surface area contributed by atoms with Crippen molar-refractivity contribution in [2.45, 2.75) is 18.2 Å². The van der Waals surface area contributed by atoms with Gasteiger partial charge in [0.15, 0.2) is 0 Å². The Morgan fingerprint density at radius 3 is 2.33 bits per heavy atom. The lowest BCUT2D eigenvalue weighted by Crippen LogP contribution is -2.22. The molecule has 0 spiro atoms. The fourth-order valence-corrected chi connectivity index (χ4v) is 3.33. The highest BCUT2D eigenvalue weighted by atomic mass is 32.2. The van der Waals surface area contributed by atoms with Crippen molar-refractivity contribution >= 4 is 21.6 Å². The number of carbonyl (C=O) groups excluding carboxylic acids is 1. The summed E-state index contributed by atoms with van der Waals surface area (Å²) < 4.78 is 36.3. The summed E-state index contributed by atoms with van der Waals surface area (Å²) in [5.41, 5.74) is 1.11. The smallest absolute Gasteiger partial charge is 0.242 e. The van der Waals surface area contributed by atoms with Gasteiger partial charge >= 0.3 is 0 Å². The Labute approximate surface area is 160 Å². The van der Waals surface area contributed by atoms with E-state index in [0.29, 0.717) is 18.0 Å². The zero-order valence-corrected chi connectivity index (χ0v) is 16.7. The second-order valence-electron chi connectivity index (χ2n) is 5.95. The maximum absolute atomic E-state index is 12.4. The first-order chi connectivity index (χ1) is 12.8. The molecule has 0 fully saturated rings. The average Bonchev–Trinajstić information content (AvgIpc) is 2.63. The Hall–Kier alpha value is -2.58. The number of amides is 1. The van der Waals surface area contributed by atoms with Crippen molar-refractivity contribution in [2.75, 3.05) is 33.1 Å². The summed E-state index contributed by atoms with van der Waals surface area (Å²) in [6.07, 6.45) is 0.139. The third kappa shape index (κ3) is 5.21. The van der Waals surface area contributed by atoms with E-state index in [2.05, 4.69) is 5.32 Å². The maximum atomic E-state index is 12.4. The Kier molecular flexibility index (Phi) is 6.81. The van der Waals surface area contributed by atoms with E-state index in [1.54, 1.807) is 12.1 Å². The first kappa shape index (κ1) is 20.7. The maximum Gasteiger partial charge on any atom is 0.242 e. The SMILES string of the molecule is CCOc1ccc(CC(=O)Nc2cc(S(=O)(=O)N(C)C)ccc2OC)cc1. The molecule has 0 radical (unpaired) electrons. The number of methoxy groups -OCH3 is 1. The molecule has 0 saturated carbocycles. The van der Waals surface area contributed by atoms with E-state index in [-0.39, 0.29) is 17.2 Å². The molecule has 2 aromatic rings. The standard InChI is InChI=1S/C19H24N2O5S/c1-5-26-15-8-6-14(7-9-15)12-19(22)20-17-13-16(10-11-18(17)25-4)27(23,24)21(2)3/h6-11,13H,5,12H2,1-4H3,(H,20,22). The van der Waals surface area contributed by atoms with Gasteiger partial charge in [-0.1, -0.05) is 12.1 Å². The van der Waals surface area contributed by atoms with E-state index in [9.17, 15) is 13.2 Å². The van der Waals surface area contributed by atoms with Gasteiger partial charge < -0.3 is 14.8 Å². The molecule has 0 aliphatic rings. The second-order valence-corrected chi connectivity index (χ2v) is 8.10. The Morgan fingerprint density at radius 2 is 1.78 bits per heavy atom. The number of benzene rings is 2. The third-order valence-electron chi connectivity index (χ3n) is 3.82. The lowest BCUT2D eigenvalue weighted by molar-refractivity contribution is -0.115. The van der Waals surface area contributed by atoms with Crippen molar-refractivity contribution in [2.24, 2.45) is 0 Å². The predicted molar refractivity (Wildman–Crippen MR) is 104 cm³/mol. The molecule has 0 aromatic heterocycles. The van der Waals surface area contributed by atoms with E-state index in [1.165, 1.54) is 39.4 Å². The van der Waals surface area contributed by atoms with Crippen molar-refractivity contribution in [3.05, 3.63) is 48.0 Å². The molecule has 2 aromatic carbocycles. The number of hydrogen-bond donors (Lipinski definition) is 1. The molecule has 2 rings (SSSR count). The van der Waals surface area contributed by atoms with Crippen LogP contribution in [0.3, 0.4) is 0 Å². The topological polar surface area (TPSA) is 84.9 Å². The van der Waals surface area contributed by atoms with Gasteiger partial charge in [0.1, 0.15) is 11.5 Å². The van der Waals surface area contributed by atoms with Gasteiger partial charge in [0.25, 0.3) is 0 Å². The number of sulfonamides is 1. The van der Waals surface area contributed by atoms with Crippen LogP contribution < -0.4 is 14.8 Å². The normalized spacial score (nSPS) is 11.3. The Morgan fingerprint density at radius 1 is 1.11 bits per heavy atom. The van der Waals surface area contributed by atoms with Gasteiger partial charge in [-0.3, -0.25) is 4.79 Å². The summed E-state index contributed by atoms with van der Waals surface area (Å²) in [5, 5.41) is 2.72. The summed E-state index contributed by atoms with van der Waals surface area (Å²) in [4.78, 5) is 12.5. The molecule has 146 valence electrons. The van der Waals surface area contributed by atoms with Crippen molar-refractivity contribution < 1.29 is 22.7 Å². The molecular formula is C19H24N2O5S. The molecule has 7 nitrogen and oxygen atoms in total. The number of carbonyl (C=O) groups is 1. The van der Waals surface area contributed by atoms with E-state index < -0.39 is 10.0 Å². The summed E-state index contributed by atoms with van der Waals surface area (Å²) >= 11 is 0. The summed E-state index contributed by atoms with van der Waals surface area (Å²) in [6.45, 7) is 2.48. The molecular weight excluding hydrogens is 368 g/mol. The van der Waals surface area contributed by atoms with Crippen LogP contribution in [0.1, 0.15) is 12.5 Å². The number of nitrogens with zero attached hydrogens (tertiary/aromatic N) is 1. The van der Waals surface area contributed by atoms with Gasteiger partial charge in [-0.2, -0.15) is 0 Å². The molecule has 0 heterocycles. The first-order valence-electron chi connectivity index (χ1n) is 8.40. The van der Waals surface area contributed by atoms with Crippen molar-refractivity contribution in [1.29, 1.82) is 0 Å². The highest BCUT2D eigenvalue weighted by Gasteiger charge is 2.20. The van der Waals surface area contributed by atoms with Crippen LogP contribution in [0.25, 0.3) is 0 Å². The number of nitrogens with one attached hydrogen (secondary N) is 1. The third-order valence-corrected chi connectivity index (χ3v) is 5.63. The molecule has 27 heavy (non-hydrogen) atoms. The van der Waals surface area contributed by atoms with Crippen LogP contribution in [0.4, 0.5) is 5.69 Å². The number of anilines is 1. The first-order valence-corrected chi connectivity index (χ1v) is 9.84. The van der Waals surface area contributed by atoms with Gasteiger partial charge in [-0.05, 0) is 42.8 Å². The Bertz CT molecular complexity index is 893. The molecule has 0 unspecified atom stereocenters.